The second kappa shape index (κ2) is 8.21. The summed E-state index contributed by atoms with van der Waals surface area (Å²) in [5.74, 6) is 2.04. The molecule has 1 saturated heterocycles. The molecule has 1 aliphatic heterocycles. The van der Waals surface area contributed by atoms with Crippen molar-refractivity contribution < 1.29 is 9.32 Å². The number of carbonyl (C=O) groups excluding carboxylic acids is 1. The van der Waals surface area contributed by atoms with Crippen LogP contribution in [0.3, 0.4) is 0 Å². The summed E-state index contributed by atoms with van der Waals surface area (Å²) < 4.78 is 5.28. The van der Waals surface area contributed by atoms with Gasteiger partial charge in [0.05, 0.1) is 5.02 Å². The predicted molar refractivity (Wildman–Crippen MR) is 112 cm³/mol. The number of anilines is 2. The lowest BCUT2D eigenvalue weighted by Gasteiger charge is -2.31. The van der Waals surface area contributed by atoms with E-state index in [1.807, 2.05) is 12.1 Å². The number of rotatable bonds is 4. The molecule has 29 heavy (non-hydrogen) atoms. The van der Waals surface area contributed by atoms with Gasteiger partial charge in [-0.2, -0.15) is 0 Å². The average Bonchev–Trinajstić information content (AvgIpc) is 3.10. The molecule has 0 spiro atoms. The van der Waals surface area contributed by atoms with Crippen molar-refractivity contribution in [1.82, 2.24) is 15.1 Å². The molecule has 0 radical (unpaired) electrons. The van der Waals surface area contributed by atoms with Crippen LogP contribution in [0.2, 0.25) is 5.02 Å². The monoisotopic (exact) mass is 411 g/mol. The number of aryl methyl sites for hydroxylation is 1. The maximum Gasteiger partial charge on any atom is 0.262 e. The summed E-state index contributed by atoms with van der Waals surface area (Å²) in [5, 5.41) is 7.39. The summed E-state index contributed by atoms with van der Waals surface area (Å²) in [6, 6.07) is 9.01. The van der Waals surface area contributed by atoms with Crippen molar-refractivity contribution in [3.05, 3.63) is 53.0 Å². The van der Waals surface area contributed by atoms with Crippen LogP contribution in [0.15, 0.2) is 41.2 Å². The van der Waals surface area contributed by atoms with E-state index in [0.29, 0.717) is 33.4 Å². The molecule has 2 aromatic heterocycles. The molecule has 0 atom stereocenters. The van der Waals surface area contributed by atoms with E-state index in [1.54, 1.807) is 25.1 Å². The number of piperidine rings is 1. The lowest BCUT2D eigenvalue weighted by Crippen LogP contribution is -2.33. The highest BCUT2D eigenvalue weighted by Crippen LogP contribution is 2.31. The van der Waals surface area contributed by atoms with Gasteiger partial charge < -0.3 is 14.7 Å². The minimum atomic E-state index is -0.351. The van der Waals surface area contributed by atoms with E-state index in [1.165, 1.54) is 6.33 Å². The fourth-order valence-electron chi connectivity index (χ4n) is 3.48. The molecule has 3 aromatic rings. The molecule has 1 amide bonds. The zero-order chi connectivity index (χ0) is 20.4. The third-order valence-corrected chi connectivity index (χ3v) is 5.55. The predicted octanol–water partition coefficient (Wildman–Crippen LogP) is 4.58. The Morgan fingerprint density at radius 3 is 2.76 bits per heavy atom. The number of nitrogens with one attached hydrogen (secondary N) is 1. The van der Waals surface area contributed by atoms with Gasteiger partial charge in [-0.1, -0.05) is 41.9 Å². The van der Waals surface area contributed by atoms with E-state index < -0.39 is 0 Å². The molecular weight excluding hydrogens is 390 g/mol. The van der Waals surface area contributed by atoms with Crippen LogP contribution in [-0.2, 0) is 0 Å². The van der Waals surface area contributed by atoms with Crippen molar-refractivity contribution in [2.45, 2.75) is 26.7 Å². The number of carbonyl (C=O) groups is 1. The van der Waals surface area contributed by atoms with Gasteiger partial charge in [0.15, 0.2) is 0 Å². The molecule has 1 aliphatic rings. The Balaban J connectivity index is 1.57. The van der Waals surface area contributed by atoms with Crippen LogP contribution >= 0.6 is 11.6 Å². The number of nitrogens with zero attached hydrogens (tertiary/aromatic N) is 4. The van der Waals surface area contributed by atoms with Crippen LogP contribution in [0.4, 0.5) is 11.6 Å². The van der Waals surface area contributed by atoms with Crippen molar-refractivity contribution in [2.75, 3.05) is 23.3 Å². The molecule has 1 fully saturated rings. The number of halogens is 1. The largest absolute Gasteiger partial charge is 0.360 e. The van der Waals surface area contributed by atoms with Gasteiger partial charge in [0.2, 0.25) is 0 Å². The fourth-order valence-corrected chi connectivity index (χ4v) is 3.71. The van der Waals surface area contributed by atoms with E-state index in [-0.39, 0.29) is 5.91 Å². The molecule has 1 aromatic carbocycles. The topological polar surface area (TPSA) is 84.2 Å². The summed E-state index contributed by atoms with van der Waals surface area (Å²) >= 11 is 6.28. The molecule has 4 rings (SSSR count). The third-order valence-electron chi connectivity index (χ3n) is 5.22. The van der Waals surface area contributed by atoms with Gasteiger partial charge in [0, 0.05) is 24.7 Å². The molecule has 0 saturated carbocycles. The van der Waals surface area contributed by atoms with E-state index in [2.05, 4.69) is 32.3 Å². The van der Waals surface area contributed by atoms with Crippen molar-refractivity contribution in [2.24, 2.45) is 5.92 Å². The van der Waals surface area contributed by atoms with E-state index >= 15 is 0 Å². The van der Waals surface area contributed by atoms with Gasteiger partial charge in [-0.05, 0) is 31.7 Å². The van der Waals surface area contributed by atoms with Crippen LogP contribution in [0.1, 0.15) is 35.9 Å². The van der Waals surface area contributed by atoms with Gasteiger partial charge in [-0.25, -0.2) is 9.97 Å². The molecule has 0 unspecified atom stereocenters. The van der Waals surface area contributed by atoms with Crippen molar-refractivity contribution in [1.29, 1.82) is 0 Å². The molecule has 7 nitrogen and oxygen atoms in total. The van der Waals surface area contributed by atoms with Gasteiger partial charge in [0.1, 0.15) is 35.0 Å². The summed E-state index contributed by atoms with van der Waals surface area (Å²) in [7, 11) is 0. The van der Waals surface area contributed by atoms with E-state index in [0.717, 1.165) is 37.7 Å². The lowest BCUT2D eigenvalue weighted by atomic mass is 9.99. The fraction of sp³-hybridized carbons (Fsp3) is 0.333. The Bertz CT molecular complexity index is 1030. The van der Waals surface area contributed by atoms with Gasteiger partial charge >= 0.3 is 0 Å². The van der Waals surface area contributed by atoms with Gasteiger partial charge in [-0.15, -0.1) is 0 Å². The minimum absolute atomic E-state index is 0.338. The summed E-state index contributed by atoms with van der Waals surface area (Å²) in [6.45, 7) is 5.86. The van der Waals surface area contributed by atoms with Gasteiger partial charge in [0.25, 0.3) is 5.91 Å². The molecule has 0 bridgehead atoms. The van der Waals surface area contributed by atoms with Crippen LogP contribution in [-0.4, -0.2) is 34.1 Å². The highest BCUT2D eigenvalue weighted by molar-refractivity contribution is 6.33. The number of hydrogen-bond acceptors (Lipinski definition) is 6. The minimum Gasteiger partial charge on any atom is -0.360 e. The van der Waals surface area contributed by atoms with Crippen LogP contribution in [0.25, 0.3) is 11.3 Å². The number of hydrogen-bond donors (Lipinski definition) is 1. The Hall–Kier alpha value is -2.93. The molecular formula is C21H22ClN5O2. The number of aromatic nitrogens is 3. The highest BCUT2D eigenvalue weighted by Gasteiger charge is 2.24. The normalized spacial score (nSPS) is 14.8. The Morgan fingerprint density at radius 2 is 2.00 bits per heavy atom. The van der Waals surface area contributed by atoms with Crippen molar-refractivity contribution >= 4 is 29.1 Å². The molecule has 150 valence electrons. The van der Waals surface area contributed by atoms with Gasteiger partial charge in [-0.3, -0.25) is 4.79 Å². The van der Waals surface area contributed by atoms with Crippen LogP contribution < -0.4 is 10.2 Å². The Morgan fingerprint density at radius 1 is 1.24 bits per heavy atom. The lowest BCUT2D eigenvalue weighted by molar-refractivity contribution is 0.102. The van der Waals surface area contributed by atoms with E-state index in [9.17, 15) is 4.79 Å². The first kappa shape index (κ1) is 19.4. The maximum atomic E-state index is 13.0. The standard InChI is InChI=1S/C21H22ClN5O2/c1-13-7-9-27(10-8-13)18-11-17(23-12-24-18)25-21(28)19-14(2)29-26-20(19)15-5-3-4-6-16(15)22/h3-6,11-13H,7-10H2,1-2H3,(H,23,24,25,28). The molecule has 0 aliphatic carbocycles. The smallest absolute Gasteiger partial charge is 0.262 e. The molecule has 8 heteroatoms. The first-order valence-corrected chi connectivity index (χ1v) is 10.00. The summed E-state index contributed by atoms with van der Waals surface area (Å²) in [5.41, 5.74) is 1.39. The average molecular weight is 412 g/mol. The first-order chi connectivity index (χ1) is 14.0. The highest BCUT2D eigenvalue weighted by atomic mass is 35.5. The maximum absolute atomic E-state index is 13.0. The zero-order valence-electron chi connectivity index (χ0n) is 16.4. The van der Waals surface area contributed by atoms with Crippen LogP contribution in [0.5, 0.6) is 0 Å². The second-order valence-corrected chi connectivity index (χ2v) is 7.73. The van der Waals surface area contributed by atoms with Crippen molar-refractivity contribution in [3.63, 3.8) is 0 Å². The number of amides is 1. The van der Waals surface area contributed by atoms with Crippen molar-refractivity contribution in [3.8, 4) is 11.3 Å². The third kappa shape index (κ3) is 4.10. The summed E-state index contributed by atoms with van der Waals surface area (Å²) in [6.07, 6.45) is 3.73. The zero-order valence-corrected chi connectivity index (χ0v) is 17.1. The molecule has 1 N–H and O–H groups in total. The Labute approximate surface area is 174 Å². The quantitative estimate of drug-likeness (QED) is 0.676. The Kier molecular flexibility index (Phi) is 5.49. The molecule has 3 heterocycles. The first-order valence-electron chi connectivity index (χ1n) is 9.62. The number of benzene rings is 1. The summed E-state index contributed by atoms with van der Waals surface area (Å²) in [4.78, 5) is 23.8. The van der Waals surface area contributed by atoms with Crippen LogP contribution in [0, 0.1) is 12.8 Å². The second-order valence-electron chi connectivity index (χ2n) is 7.33. The van der Waals surface area contributed by atoms with E-state index in [4.69, 9.17) is 16.1 Å². The SMILES string of the molecule is Cc1onc(-c2ccccc2Cl)c1C(=O)Nc1cc(N2CCC(C)CC2)ncn1.